The molecule has 0 saturated carbocycles. The third-order valence-corrected chi connectivity index (χ3v) is 7.23. The minimum absolute atomic E-state index is 0.160. The van der Waals surface area contributed by atoms with Crippen molar-refractivity contribution in [1.29, 1.82) is 0 Å². The van der Waals surface area contributed by atoms with E-state index in [-0.39, 0.29) is 12.0 Å². The molecular weight excluding hydrogens is 492 g/mol. The van der Waals surface area contributed by atoms with Crippen LogP contribution in [-0.4, -0.2) is 32.9 Å². The standard InChI is InChI=1S/C31H26N4O4/c1-16-26(20-7-2-3-8-22(20)33-16)28-29(31(39)35-30(28)38)27-21-12-18(14-25(36)37)9-10-23(21)34-24(27)13-17-5-4-6-19(11-17)15-32/h2-12,33-34H,13-15,32H2,1H3,(H,36,37)(H,35,38,39). The number of imide groups is 1. The number of aliphatic carboxylic acids is 1. The molecule has 2 amide bonds. The van der Waals surface area contributed by atoms with Crippen LogP contribution in [0.15, 0.2) is 66.7 Å². The molecule has 1 aliphatic rings. The maximum Gasteiger partial charge on any atom is 0.307 e. The number of benzene rings is 3. The van der Waals surface area contributed by atoms with Gasteiger partial charge in [0, 0.05) is 57.3 Å². The predicted molar refractivity (Wildman–Crippen MR) is 150 cm³/mol. The first-order chi connectivity index (χ1) is 18.8. The second-order valence-corrected chi connectivity index (χ2v) is 9.83. The highest BCUT2D eigenvalue weighted by molar-refractivity contribution is 6.51. The van der Waals surface area contributed by atoms with Gasteiger partial charge in [-0.2, -0.15) is 0 Å². The molecule has 0 saturated heterocycles. The number of nitrogens with one attached hydrogen (secondary N) is 3. The van der Waals surface area contributed by atoms with Crippen LogP contribution < -0.4 is 11.1 Å². The number of carbonyl (C=O) groups excluding carboxylic acids is 2. The van der Waals surface area contributed by atoms with Gasteiger partial charge in [0.25, 0.3) is 11.8 Å². The summed E-state index contributed by atoms with van der Waals surface area (Å²) in [5.74, 6) is -1.90. The highest BCUT2D eigenvalue weighted by atomic mass is 16.4. The largest absolute Gasteiger partial charge is 0.481 e. The maximum absolute atomic E-state index is 13.5. The Bertz CT molecular complexity index is 1860. The molecule has 6 rings (SSSR count). The van der Waals surface area contributed by atoms with E-state index in [1.54, 1.807) is 12.1 Å². The Morgan fingerprint density at radius 2 is 1.51 bits per heavy atom. The van der Waals surface area contributed by atoms with E-state index in [1.807, 2.05) is 61.5 Å². The summed E-state index contributed by atoms with van der Waals surface area (Å²) >= 11 is 0. The lowest BCUT2D eigenvalue weighted by Gasteiger charge is -2.09. The summed E-state index contributed by atoms with van der Waals surface area (Å²) in [6.07, 6.45) is 0.296. The topological polar surface area (TPSA) is 141 Å². The van der Waals surface area contributed by atoms with Gasteiger partial charge in [-0.15, -0.1) is 0 Å². The van der Waals surface area contributed by atoms with Crippen molar-refractivity contribution >= 4 is 50.7 Å². The Morgan fingerprint density at radius 1 is 0.795 bits per heavy atom. The lowest BCUT2D eigenvalue weighted by Crippen LogP contribution is -2.23. The Hall–Kier alpha value is -4.95. The molecule has 8 nitrogen and oxygen atoms in total. The fourth-order valence-electron chi connectivity index (χ4n) is 5.60. The third-order valence-electron chi connectivity index (χ3n) is 7.23. The number of nitrogens with two attached hydrogens (primary N) is 1. The number of aromatic amines is 2. The summed E-state index contributed by atoms with van der Waals surface area (Å²) in [4.78, 5) is 45.2. The van der Waals surface area contributed by atoms with E-state index in [0.717, 1.165) is 38.9 Å². The SMILES string of the molecule is Cc1[nH]c2ccccc2c1C1=C(c2c(Cc3cccc(CN)c3)[nH]c3ccc(CC(=O)O)cc23)C(=O)NC1=O. The molecule has 0 spiro atoms. The molecule has 0 aliphatic carbocycles. The minimum atomic E-state index is -0.951. The molecule has 0 atom stereocenters. The molecule has 6 N–H and O–H groups in total. The minimum Gasteiger partial charge on any atom is -0.481 e. The molecule has 2 aromatic heterocycles. The van der Waals surface area contributed by atoms with Gasteiger partial charge in [-0.05, 0) is 41.8 Å². The Kier molecular flexibility index (Phi) is 5.89. The van der Waals surface area contributed by atoms with Crippen molar-refractivity contribution in [1.82, 2.24) is 15.3 Å². The summed E-state index contributed by atoms with van der Waals surface area (Å²) in [6.45, 7) is 2.29. The number of aromatic nitrogens is 2. The van der Waals surface area contributed by atoms with Gasteiger partial charge in [-0.3, -0.25) is 19.7 Å². The fourth-order valence-corrected chi connectivity index (χ4v) is 5.60. The van der Waals surface area contributed by atoms with Crippen molar-refractivity contribution in [2.45, 2.75) is 26.3 Å². The van der Waals surface area contributed by atoms with Crippen LogP contribution in [0.3, 0.4) is 0 Å². The second kappa shape index (κ2) is 9.41. The Balaban J connectivity index is 1.65. The second-order valence-electron chi connectivity index (χ2n) is 9.83. The number of fused-ring (bicyclic) bond motifs is 2. The van der Waals surface area contributed by atoms with E-state index < -0.39 is 17.8 Å². The van der Waals surface area contributed by atoms with Crippen LogP contribution in [0, 0.1) is 6.92 Å². The van der Waals surface area contributed by atoms with Crippen LogP contribution in [0.4, 0.5) is 0 Å². The zero-order valence-electron chi connectivity index (χ0n) is 21.2. The van der Waals surface area contributed by atoms with Crippen LogP contribution in [-0.2, 0) is 33.8 Å². The fraction of sp³-hybridized carbons (Fsp3) is 0.129. The number of aryl methyl sites for hydroxylation is 1. The molecule has 5 aromatic rings. The molecule has 3 heterocycles. The molecule has 1 aliphatic heterocycles. The zero-order chi connectivity index (χ0) is 27.3. The highest BCUT2D eigenvalue weighted by Crippen LogP contribution is 2.41. The number of amides is 2. The van der Waals surface area contributed by atoms with Gasteiger partial charge in [-0.1, -0.05) is 48.5 Å². The summed E-state index contributed by atoms with van der Waals surface area (Å²) in [6, 6.07) is 20.9. The van der Waals surface area contributed by atoms with Crippen molar-refractivity contribution in [2.75, 3.05) is 0 Å². The molecule has 0 unspecified atom stereocenters. The summed E-state index contributed by atoms with van der Waals surface area (Å²) in [5.41, 5.74) is 13.4. The van der Waals surface area contributed by atoms with E-state index in [9.17, 15) is 19.5 Å². The van der Waals surface area contributed by atoms with Gasteiger partial charge in [0.15, 0.2) is 0 Å². The average molecular weight is 519 g/mol. The third kappa shape index (κ3) is 4.20. The quantitative estimate of drug-likeness (QED) is 0.205. The number of carboxylic acid groups (broad SMARTS) is 1. The number of carbonyl (C=O) groups is 3. The van der Waals surface area contributed by atoms with E-state index in [0.29, 0.717) is 40.6 Å². The van der Waals surface area contributed by atoms with Gasteiger partial charge in [0.05, 0.1) is 17.6 Å². The van der Waals surface area contributed by atoms with Crippen LogP contribution in [0.1, 0.15) is 39.2 Å². The normalized spacial score (nSPS) is 13.6. The Labute approximate surface area is 223 Å². The first-order valence-corrected chi connectivity index (χ1v) is 12.6. The van der Waals surface area contributed by atoms with Gasteiger partial charge in [0.1, 0.15) is 0 Å². The average Bonchev–Trinajstić information content (AvgIpc) is 3.52. The van der Waals surface area contributed by atoms with Crippen molar-refractivity contribution in [3.8, 4) is 0 Å². The van der Waals surface area contributed by atoms with Gasteiger partial charge in [0.2, 0.25) is 0 Å². The molecule has 194 valence electrons. The molecule has 3 aromatic carbocycles. The molecule has 0 radical (unpaired) electrons. The van der Waals surface area contributed by atoms with Crippen molar-refractivity contribution < 1.29 is 19.5 Å². The first kappa shape index (κ1) is 24.4. The van der Waals surface area contributed by atoms with Crippen molar-refractivity contribution in [2.24, 2.45) is 5.73 Å². The number of carboxylic acids is 1. The number of hydrogen-bond acceptors (Lipinski definition) is 4. The van der Waals surface area contributed by atoms with Gasteiger partial charge >= 0.3 is 5.97 Å². The number of para-hydroxylation sites is 1. The van der Waals surface area contributed by atoms with E-state index in [4.69, 9.17) is 5.73 Å². The van der Waals surface area contributed by atoms with Crippen molar-refractivity contribution in [3.05, 3.63) is 106 Å². The number of hydrogen-bond donors (Lipinski definition) is 5. The van der Waals surface area contributed by atoms with E-state index in [2.05, 4.69) is 15.3 Å². The summed E-state index contributed by atoms with van der Waals surface area (Å²) < 4.78 is 0. The van der Waals surface area contributed by atoms with Crippen molar-refractivity contribution in [3.63, 3.8) is 0 Å². The lowest BCUT2D eigenvalue weighted by atomic mass is 9.91. The van der Waals surface area contributed by atoms with E-state index in [1.165, 1.54) is 0 Å². The van der Waals surface area contributed by atoms with Gasteiger partial charge in [-0.25, -0.2) is 0 Å². The molecule has 8 heteroatoms. The molecule has 39 heavy (non-hydrogen) atoms. The monoisotopic (exact) mass is 518 g/mol. The van der Waals surface area contributed by atoms with E-state index >= 15 is 0 Å². The number of H-pyrrole nitrogens is 2. The smallest absolute Gasteiger partial charge is 0.307 e. The first-order valence-electron chi connectivity index (χ1n) is 12.6. The number of rotatable bonds is 7. The summed E-state index contributed by atoms with van der Waals surface area (Å²) in [5, 5.41) is 13.5. The molecular formula is C31H26N4O4. The maximum atomic E-state index is 13.5. The van der Waals surface area contributed by atoms with Crippen LogP contribution in [0.25, 0.3) is 33.0 Å². The molecule has 0 bridgehead atoms. The van der Waals surface area contributed by atoms with Gasteiger partial charge < -0.3 is 20.8 Å². The zero-order valence-corrected chi connectivity index (χ0v) is 21.2. The summed E-state index contributed by atoms with van der Waals surface area (Å²) in [7, 11) is 0. The predicted octanol–water partition coefficient (Wildman–Crippen LogP) is 4.20. The van der Waals surface area contributed by atoms with Crippen LogP contribution >= 0.6 is 0 Å². The lowest BCUT2D eigenvalue weighted by molar-refractivity contribution is -0.136. The highest BCUT2D eigenvalue weighted by Gasteiger charge is 2.37. The van der Waals surface area contributed by atoms with Crippen LogP contribution in [0.5, 0.6) is 0 Å². The van der Waals surface area contributed by atoms with Crippen LogP contribution in [0.2, 0.25) is 0 Å². The molecule has 0 fully saturated rings. The Morgan fingerprint density at radius 3 is 2.28 bits per heavy atom.